The maximum absolute atomic E-state index is 9.89. The van der Waals surface area contributed by atoms with Gasteiger partial charge in [0.15, 0.2) is 0 Å². The molecule has 4 nitrogen and oxygen atoms in total. The van der Waals surface area contributed by atoms with E-state index in [9.17, 15) is 5.11 Å². The van der Waals surface area contributed by atoms with Crippen molar-refractivity contribution < 1.29 is 14.9 Å². The number of unbranched alkanes of at least 4 members (excludes halogenated alkanes) is 2. The predicted molar refractivity (Wildman–Crippen MR) is 71.0 cm³/mol. The van der Waals surface area contributed by atoms with E-state index in [-0.39, 0.29) is 6.61 Å². The molecule has 1 unspecified atom stereocenters. The van der Waals surface area contributed by atoms with Crippen LogP contribution in [0.15, 0.2) is 24.3 Å². The zero-order valence-corrected chi connectivity index (χ0v) is 10.7. The van der Waals surface area contributed by atoms with Crippen molar-refractivity contribution in [2.75, 3.05) is 19.8 Å². The summed E-state index contributed by atoms with van der Waals surface area (Å²) in [6.45, 7) is 1.67. The average molecular weight is 253 g/mol. The molecule has 102 valence electrons. The second-order valence-corrected chi connectivity index (χ2v) is 4.32. The highest BCUT2D eigenvalue weighted by Gasteiger charge is 2.07. The number of benzene rings is 1. The molecule has 0 aliphatic rings. The Morgan fingerprint density at radius 1 is 1.11 bits per heavy atom. The van der Waals surface area contributed by atoms with Crippen molar-refractivity contribution in [1.82, 2.24) is 0 Å². The van der Waals surface area contributed by atoms with Crippen LogP contribution in [0.25, 0.3) is 0 Å². The molecule has 0 aliphatic carbocycles. The molecule has 0 saturated carbocycles. The summed E-state index contributed by atoms with van der Waals surface area (Å²) in [7, 11) is 0. The minimum absolute atomic E-state index is 0.232. The molecule has 4 heteroatoms. The summed E-state index contributed by atoms with van der Waals surface area (Å²) < 4.78 is 5.40. The number of hydrogen-bond donors (Lipinski definition) is 3. The number of ether oxygens (including phenoxy) is 1. The van der Waals surface area contributed by atoms with E-state index >= 15 is 0 Å². The Morgan fingerprint density at radius 2 is 1.83 bits per heavy atom. The molecule has 0 fully saturated rings. The van der Waals surface area contributed by atoms with E-state index in [4.69, 9.17) is 15.6 Å². The summed E-state index contributed by atoms with van der Waals surface area (Å²) in [6.07, 6.45) is 2.10. The van der Waals surface area contributed by atoms with E-state index in [1.54, 1.807) is 0 Å². The van der Waals surface area contributed by atoms with Gasteiger partial charge in [-0.3, -0.25) is 0 Å². The summed E-state index contributed by atoms with van der Waals surface area (Å²) in [5.74, 6) is 0. The maximum Gasteiger partial charge on any atom is 0.102 e. The fourth-order valence-corrected chi connectivity index (χ4v) is 1.66. The zero-order chi connectivity index (χ0) is 13.2. The van der Waals surface area contributed by atoms with Gasteiger partial charge < -0.3 is 20.7 Å². The third kappa shape index (κ3) is 5.60. The number of hydrogen-bond acceptors (Lipinski definition) is 4. The van der Waals surface area contributed by atoms with Gasteiger partial charge in [0, 0.05) is 19.8 Å². The standard InChI is InChI=1S/C14H23NO3/c15-10-12-4-6-13(7-5-12)14(17)11-18-9-3-1-2-8-16/h4-7,14,16-17H,1-3,8-11,15H2. The van der Waals surface area contributed by atoms with E-state index in [1.165, 1.54) is 0 Å². The highest BCUT2D eigenvalue weighted by molar-refractivity contribution is 5.23. The van der Waals surface area contributed by atoms with Gasteiger partial charge in [0.2, 0.25) is 0 Å². The molecule has 0 spiro atoms. The second-order valence-electron chi connectivity index (χ2n) is 4.32. The number of aliphatic hydroxyl groups is 2. The van der Waals surface area contributed by atoms with Crippen molar-refractivity contribution in [2.24, 2.45) is 5.73 Å². The van der Waals surface area contributed by atoms with Crippen LogP contribution >= 0.6 is 0 Å². The van der Waals surface area contributed by atoms with Crippen LogP contribution in [0.4, 0.5) is 0 Å². The van der Waals surface area contributed by atoms with Crippen molar-refractivity contribution in [3.63, 3.8) is 0 Å². The first kappa shape index (κ1) is 15.1. The Labute approximate surface area is 108 Å². The fourth-order valence-electron chi connectivity index (χ4n) is 1.66. The van der Waals surface area contributed by atoms with E-state index < -0.39 is 6.10 Å². The number of nitrogens with two attached hydrogens (primary N) is 1. The molecule has 4 N–H and O–H groups in total. The molecule has 0 radical (unpaired) electrons. The molecule has 0 bridgehead atoms. The SMILES string of the molecule is NCc1ccc(C(O)COCCCCCO)cc1. The second kappa shape index (κ2) is 9.05. The van der Waals surface area contributed by atoms with Crippen LogP contribution in [0.5, 0.6) is 0 Å². The summed E-state index contributed by atoms with van der Waals surface area (Å²) in [5, 5.41) is 18.5. The van der Waals surface area contributed by atoms with Crippen LogP contribution in [0.1, 0.15) is 36.5 Å². The van der Waals surface area contributed by atoms with Crippen LogP contribution in [-0.2, 0) is 11.3 Å². The first-order valence-corrected chi connectivity index (χ1v) is 6.43. The molecule has 1 rings (SSSR count). The molecular weight excluding hydrogens is 230 g/mol. The first-order valence-electron chi connectivity index (χ1n) is 6.43. The van der Waals surface area contributed by atoms with Gasteiger partial charge in [-0.05, 0) is 30.4 Å². The van der Waals surface area contributed by atoms with Gasteiger partial charge in [-0.1, -0.05) is 24.3 Å². The van der Waals surface area contributed by atoms with Gasteiger partial charge in [0.25, 0.3) is 0 Å². The summed E-state index contributed by atoms with van der Waals surface area (Å²) >= 11 is 0. The van der Waals surface area contributed by atoms with Gasteiger partial charge in [-0.15, -0.1) is 0 Å². The summed E-state index contributed by atoms with van der Waals surface area (Å²) in [6, 6.07) is 7.59. The van der Waals surface area contributed by atoms with Gasteiger partial charge in [0.1, 0.15) is 6.10 Å². The number of rotatable bonds is 9. The van der Waals surface area contributed by atoms with E-state index in [0.29, 0.717) is 19.8 Å². The van der Waals surface area contributed by atoms with Crippen molar-refractivity contribution in [3.05, 3.63) is 35.4 Å². The van der Waals surface area contributed by atoms with Crippen molar-refractivity contribution >= 4 is 0 Å². The lowest BCUT2D eigenvalue weighted by Crippen LogP contribution is -2.08. The molecule has 0 aromatic heterocycles. The Hall–Kier alpha value is -0.940. The van der Waals surface area contributed by atoms with Crippen molar-refractivity contribution in [2.45, 2.75) is 31.9 Å². The van der Waals surface area contributed by atoms with Gasteiger partial charge in [-0.2, -0.15) is 0 Å². The van der Waals surface area contributed by atoms with Crippen LogP contribution in [-0.4, -0.2) is 30.0 Å². The molecular formula is C14H23NO3. The van der Waals surface area contributed by atoms with Crippen LogP contribution in [0, 0.1) is 0 Å². The van der Waals surface area contributed by atoms with Crippen molar-refractivity contribution in [3.8, 4) is 0 Å². The topological polar surface area (TPSA) is 75.7 Å². The summed E-state index contributed by atoms with van der Waals surface area (Å²) in [5.41, 5.74) is 7.41. The zero-order valence-electron chi connectivity index (χ0n) is 10.7. The molecule has 0 aliphatic heterocycles. The molecule has 1 aromatic rings. The third-order valence-electron chi connectivity index (χ3n) is 2.82. The van der Waals surface area contributed by atoms with Crippen LogP contribution in [0.3, 0.4) is 0 Å². The molecule has 0 amide bonds. The number of aliphatic hydroxyl groups excluding tert-OH is 2. The Kier molecular flexibility index (Phi) is 7.60. The molecule has 18 heavy (non-hydrogen) atoms. The highest BCUT2D eigenvalue weighted by atomic mass is 16.5. The van der Waals surface area contributed by atoms with E-state index in [0.717, 1.165) is 30.4 Å². The molecule has 1 atom stereocenters. The minimum Gasteiger partial charge on any atom is -0.396 e. The minimum atomic E-state index is -0.588. The first-order chi connectivity index (χ1) is 8.77. The smallest absolute Gasteiger partial charge is 0.102 e. The lowest BCUT2D eigenvalue weighted by atomic mass is 10.1. The lowest BCUT2D eigenvalue weighted by Gasteiger charge is -2.12. The van der Waals surface area contributed by atoms with E-state index in [1.807, 2.05) is 24.3 Å². The Morgan fingerprint density at radius 3 is 2.44 bits per heavy atom. The highest BCUT2D eigenvalue weighted by Crippen LogP contribution is 2.14. The third-order valence-corrected chi connectivity index (χ3v) is 2.82. The lowest BCUT2D eigenvalue weighted by molar-refractivity contribution is 0.0341. The van der Waals surface area contributed by atoms with Gasteiger partial charge in [0.05, 0.1) is 6.61 Å². The summed E-state index contributed by atoms with van der Waals surface area (Å²) in [4.78, 5) is 0. The van der Waals surface area contributed by atoms with Crippen molar-refractivity contribution in [1.29, 1.82) is 0 Å². The van der Waals surface area contributed by atoms with Crippen LogP contribution < -0.4 is 5.73 Å². The fraction of sp³-hybridized carbons (Fsp3) is 0.571. The monoisotopic (exact) mass is 253 g/mol. The van der Waals surface area contributed by atoms with Crippen LogP contribution in [0.2, 0.25) is 0 Å². The molecule has 1 aromatic carbocycles. The average Bonchev–Trinajstić information content (AvgIpc) is 2.42. The normalized spacial score (nSPS) is 12.6. The molecule has 0 saturated heterocycles. The quantitative estimate of drug-likeness (QED) is 0.581. The Bertz CT molecular complexity index is 313. The van der Waals surface area contributed by atoms with Gasteiger partial charge >= 0.3 is 0 Å². The Balaban J connectivity index is 2.21. The van der Waals surface area contributed by atoms with Gasteiger partial charge in [-0.25, -0.2) is 0 Å². The molecule has 0 heterocycles. The predicted octanol–water partition coefficient (Wildman–Crippen LogP) is 1.36. The largest absolute Gasteiger partial charge is 0.396 e. The van der Waals surface area contributed by atoms with E-state index in [2.05, 4.69) is 0 Å². The maximum atomic E-state index is 9.89.